The van der Waals surface area contributed by atoms with Crippen molar-refractivity contribution in [3.8, 4) is 0 Å². The van der Waals surface area contributed by atoms with Gasteiger partial charge in [0.05, 0.1) is 0 Å². The third kappa shape index (κ3) is 2.25. The number of rotatable bonds is 1. The number of nitrogens with zero attached hydrogens (tertiary/aromatic N) is 1. The second-order valence-corrected chi connectivity index (χ2v) is 5.88. The smallest absolute Gasteiger partial charge is 0.156 e. The van der Waals surface area contributed by atoms with Crippen LogP contribution in [0.1, 0.15) is 39.5 Å². The van der Waals surface area contributed by atoms with Crippen LogP contribution in [0.4, 0.5) is 0 Å². The molecule has 1 heterocycles. The van der Waals surface area contributed by atoms with E-state index in [9.17, 15) is 0 Å². The van der Waals surface area contributed by atoms with Crippen LogP contribution in [0.5, 0.6) is 0 Å². The maximum atomic E-state index is 4.67. The Labute approximate surface area is 90.9 Å². The third-order valence-corrected chi connectivity index (χ3v) is 4.43. The average molecular weight is 212 g/mol. The fourth-order valence-electron chi connectivity index (χ4n) is 2.31. The first-order valence-electron chi connectivity index (χ1n) is 5.64. The minimum atomic E-state index is 0.513. The molecular formula is C11H20N2S. The normalized spacial score (nSPS) is 25.5. The molecule has 2 rings (SSSR count). The summed E-state index contributed by atoms with van der Waals surface area (Å²) in [6, 6.07) is 0.513. The Morgan fingerprint density at radius 1 is 1.36 bits per heavy atom. The molecule has 80 valence electrons. The van der Waals surface area contributed by atoms with E-state index in [0.29, 0.717) is 11.5 Å². The summed E-state index contributed by atoms with van der Waals surface area (Å²) in [7, 11) is 0. The van der Waals surface area contributed by atoms with Crippen LogP contribution in [-0.4, -0.2) is 23.5 Å². The second-order valence-electron chi connectivity index (χ2n) is 4.92. The monoisotopic (exact) mass is 212 g/mol. The first kappa shape index (κ1) is 10.3. The highest BCUT2D eigenvalue weighted by Gasteiger charge is 2.36. The van der Waals surface area contributed by atoms with Gasteiger partial charge in [0.1, 0.15) is 0 Å². The highest BCUT2D eigenvalue weighted by Crippen LogP contribution is 2.43. The van der Waals surface area contributed by atoms with Crippen molar-refractivity contribution in [3.05, 3.63) is 0 Å². The average Bonchev–Trinajstić information content (AvgIpc) is 2.58. The molecule has 0 saturated heterocycles. The van der Waals surface area contributed by atoms with Crippen molar-refractivity contribution in [2.45, 2.75) is 45.6 Å². The summed E-state index contributed by atoms with van der Waals surface area (Å²) in [6.45, 7) is 5.40. The van der Waals surface area contributed by atoms with Crippen LogP contribution in [0, 0.1) is 5.41 Å². The van der Waals surface area contributed by atoms with Gasteiger partial charge in [0, 0.05) is 18.3 Å². The van der Waals surface area contributed by atoms with Crippen molar-refractivity contribution in [2.75, 3.05) is 12.3 Å². The van der Waals surface area contributed by atoms with Crippen molar-refractivity contribution < 1.29 is 0 Å². The number of aliphatic imine (C=N–C) groups is 1. The zero-order valence-electron chi connectivity index (χ0n) is 9.18. The number of amidine groups is 1. The minimum absolute atomic E-state index is 0.513. The number of thioether (sulfide) groups is 1. The Hall–Kier alpha value is -0.180. The van der Waals surface area contributed by atoms with Crippen LogP contribution in [0.2, 0.25) is 0 Å². The Morgan fingerprint density at radius 2 is 2.07 bits per heavy atom. The second kappa shape index (κ2) is 4.13. The van der Waals surface area contributed by atoms with Crippen molar-refractivity contribution in [1.29, 1.82) is 0 Å². The van der Waals surface area contributed by atoms with Crippen molar-refractivity contribution >= 4 is 16.9 Å². The van der Waals surface area contributed by atoms with E-state index in [1.165, 1.54) is 31.4 Å². The molecule has 3 heteroatoms. The molecule has 1 N–H and O–H groups in total. The van der Waals surface area contributed by atoms with Gasteiger partial charge in [0.25, 0.3) is 0 Å². The maximum Gasteiger partial charge on any atom is 0.156 e. The molecule has 1 fully saturated rings. The highest BCUT2D eigenvalue weighted by atomic mass is 32.2. The van der Waals surface area contributed by atoms with Gasteiger partial charge in [-0.2, -0.15) is 0 Å². The van der Waals surface area contributed by atoms with Gasteiger partial charge in [0.15, 0.2) is 5.17 Å². The summed E-state index contributed by atoms with van der Waals surface area (Å²) < 4.78 is 0. The molecule has 0 aromatic heterocycles. The van der Waals surface area contributed by atoms with E-state index < -0.39 is 0 Å². The molecule has 0 radical (unpaired) electrons. The number of nitrogens with one attached hydrogen (secondary N) is 1. The van der Waals surface area contributed by atoms with Gasteiger partial charge < -0.3 is 5.32 Å². The first-order valence-corrected chi connectivity index (χ1v) is 6.63. The third-order valence-electron chi connectivity index (χ3n) is 3.15. The Morgan fingerprint density at radius 3 is 2.57 bits per heavy atom. The molecule has 0 aromatic carbocycles. The lowest BCUT2D eigenvalue weighted by molar-refractivity contribution is 0.358. The Bertz CT molecular complexity index is 229. The summed E-state index contributed by atoms with van der Waals surface area (Å²) in [6.07, 6.45) is 5.64. The lowest BCUT2D eigenvalue weighted by atomic mass is 9.89. The van der Waals surface area contributed by atoms with E-state index in [-0.39, 0.29) is 0 Å². The maximum absolute atomic E-state index is 4.67. The standard InChI is InChI=1S/C11H20N2S/c1-9(2)13-10-12-7-11(8-14-10)5-3-4-6-11/h9H,3-8H2,1-2H3,(H,12,13). The lowest BCUT2D eigenvalue weighted by Crippen LogP contribution is -2.36. The fourth-order valence-corrected chi connectivity index (χ4v) is 3.61. The molecule has 0 aromatic rings. The molecule has 2 aliphatic rings. The molecular weight excluding hydrogens is 192 g/mol. The molecule has 1 saturated carbocycles. The fraction of sp³-hybridized carbons (Fsp3) is 0.909. The van der Waals surface area contributed by atoms with Gasteiger partial charge in [-0.1, -0.05) is 24.6 Å². The van der Waals surface area contributed by atoms with Gasteiger partial charge in [-0.3, -0.25) is 4.99 Å². The van der Waals surface area contributed by atoms with E-state index in [2.05, 4.69) is 24.2 Å². The first-order chi connectivity index (χ1) is 6.70. The highest BCUT2D eigenvalue weighted by molar-refractivity contribution is 8.13. The number of hydrogen-bond acceptors (Lipinski definition) is 3. The largest absolute Gasteiger partial charge is 0.363 e. The van der Waals surface area contributed by atoms with E-state index in [1.54, 1.807) is 0 Å². The van der Waals surface area contributed by atoms with Crippen molar-refractivity contribution in [1.82, 2.24) is 5.32 Å². The van der Waals surface area contributed by atoms with E-state index >= 15 is 0 Å². The SMILES string of the molecule is CC(C)NC1=NCC2(CCCC2)CS1. The summed E-state index contributed by atoms with van der Waals surface area (Å²) >= 11 is 1.93. The Balaban J connectivity index is 1.92. The van der Waals surface area contributed by atoms with E-state index in [0.717, 1.165) is 11.7 Å². The van der Waals surface area contributed by atoms with Gasteiger partial charge in [-0.15, -0.1) is 0 Å². The van der Waals surface area contributed by atoms with Gasteiger partial charge in [-0.05, 0) is 32.1 Å². The van der Waals surface area contributed by atoms with E-state index in [1.807, 2.05) is 11.8 Å². The van der Waals surface area contributed by atoms with Gasteiger partial charge in [0.2, 0.25) is 0 Å². The van der Waals surface area contributed by atoms with Crippen molar-refractivity contribution in [3.63, 3.8) is 0 Å². The topological polar surface area (TPSA) is 24.4 Å². The molecule has 0 amide bonds. The summed E-state index contributed by atoms with van der Waals surface area (Å²) in [5.41, 5.74) is 0.576. The van der Waals surface area contributed by atoms with Crippen LogP contribution < -0.4 is 5.32 Å². The molecule has 1 aliphatic carbocycles. The van der Waals surface area contributed by atoms with Crippen molar-refractivity contribution in [2.24, 2.45) is 10.4 Å². The predicted octanol–water partition coefficient (Wildman–Crippen LogP) is 2.65. The molecule has 0 atom stereocenters. The molecule has 0 bridgehead atoms. The van der Waals surface area contributed by atoms with Crippen LogP contribution in [0.25, 0.3) is 0 Å². The van der Waals surface area contributed by atoms with Gasteiger partial charge in [-0.25, -0.2) is 0 Å². The van der Waals surface area contributed by atoms with E-state index in [4.69, 9.17) is 0 Å². The minimum Gasteiger partial charge on any atom is -0.363 e. The zero-order chi connectivity index (χ0) is 10.0. The lowest BCUT2D eigenvalue weighted by Gasteiger charge is -2.31. The zero-order valence-corrected chi connectivity index (χ0v) is 9.99. The molecule has 1 aliphatic heterocycles. The van der Waals surface area contributed by atoms with Gasteiger partial charge >= 0.3 is 0 Å². The molecule has 2 nitrogen and oxygen atoms in total. The van der Waals surface area contributed by atoms with Crippen LogP contribution in [-0.2, 0) is 0 Å². The quantitative estimate of drug-likeness (QED) is 0.722. The van der Waals surface area contributed by atoms with Crippen LogP contribution in [0.3, 0.4) is 0 Å². The molecule has 14 heavy (non-hydrogen) atoms. The molecule has 0 unspecified atom stereocenters. The van der Waals surface area contributed by atoms with Crippen LogP contribution in [0.15, 0.2) is 4.99 Å². The molecule has 1 spiro atoms. The summed E-state index contributed by atoms with van der Waals surface area (Å²) in [5, 5.41) is 4.57. The number of hydrogen-bond donors (Lipinski definition) is 1. The van der Waals surface area contributed by atoms with Crippen LogP contribution >= 0.6 is 11.8 Å². The predicted molar refractivity (Wildman–Crippen MR) is 63.9 cm³/mol. The summed E-state index contributed by atoms with van der Waals surface area (Å²) in [4.78, 5) is 4.67. The summed E-state index contributed by atoms with van der Waals surface area (Å²) in [5.74, 6) is 1.28. The Kier molecular flexibility index (Phi) is 3.05.